The maximum atomic E-state index is 10.7. The molecule has 0 aromatic carbocycles. The van der Waals surface area contributed by atoms with E-state index in [1.54, 1.807) is 13.8 Å². The van der Waals surface area contributed by atoms with E-state index in [0.717, 1.165) is 6.08 Å². The van der Waals surface area contributed by atoms with Crippen molar-refractivity contribution in [3.8, 4) is 0 Å². The Balaban J connectivity index is 3.89. The Morgan fingerprint density at radius 3 is 2.25 bits per heavy atom. The molecular weight excluding hydrogens is 251 g/mol. The number of hydrogen-bond donors (Lipinski definition) is 0. The summed E-state index contributed by atoms with van der Waals surface area (Å²) in [6, 6.07) is 0. The standard InChI is InChI=1S/C9H17O5PS/c1-4-9(10)11-7-8-14-15(16,12-5-2)13-6-3/h4H,1,5-8H2,2-3H3. The van der Waals surface area contributed by atoms with Gasteiger partial charge in [-0.05, 0) is 25.7 Å². The highest BCUT2D eigenvalue weighted by atomic mass is 32.5. The van der Waals surface area contributed by atoms with Crippen molar-refractivity contribution in [1.82, 2.24) is 0 Å². The van der Waals surface area contributed by atoms with Crippen molar-refractivity contribution >= 4 is 24.5 Å². The van der Waals surface area contributed by atoms with Gasteiger partial charge in [-0.25, -0.2) is 4.79 Å². The van der Waals surface area contributed by atoms with Crippen molar-refractivity contribution in [1.29, 1.82) is 0 Å². The van der Waals surface area contributed by atoms with E-state index in [1.807, 2.05) is 0 Å². The summed E-state index contributed by atoms with van der Waals surface area (Å²) in [6.45, 7) is 5.30. The van der Waals surface area contributed by atoms with E-state index in [4.69, 9.17) is 30.1 Å². The van der Waals surface area contributed by atoms with Crippen LogP contribution in [0.15, 0.2) is 12.7 Å². The molecule has 0 bridgehead atoms. The first kappa shape index (κ1) is 15.7. The number of hydrogen-bond acceptors (Lipinski definition) is 6. The zero-order chi connectivity index (χ0) is 12.4. The van der Waals surface area contributed by atoms with Crippen LogP contribution in [0.4, 0.5) is 0 Å². The molecule has 0 saturated carbocycles. The lowest BCUT2D eigenvalue weighted by Gasteiger charge is -2.20. The zero-order valence-corrected chi connectivity index (χ0v) is 11.2. The summed E-state index contributed by atoms with van der Waals surface area (Å²) < 4.78 is 20.4. The third-order valence-corrected chi connectivity index (χ3v) is 3.91. The molecule has 0 radical (unpaired) electrons. The molecule has 0 unspecified atom stereocenters. The molecule has 0 saturated heterocycles. The van der Waals surface area contributed by atoms with E-state index >= 15 is 0 Å². The van der Waals surface area contributed by atoms with Gasteiger partial charge >= 0.3 is 12.7 Å². The van der Waals surface area contributed by atoms with Crippen molar-refractivity contribution < 1.29 is 23.1 Å². The molecule has 0 N–H and O–H groups in total. The van der Waals surface area contributed by atoms with Gasteiger partial charge in [-0.1, -0.05) is 6.58 Å². The molecule has 0 amide bonds. The first-order valence-electron chi connectivity index (χ1n) is 4.90. The monoisotopic (exact) mass is 268 g/mol. The fourth-order valence-electron chi connectivity index (χ4n) is 0.778. The Morgan fingerprint density at radius 2 is 1.81 bits per heavy atom. The molecule has 16 heavy (non-hydrogen) atoms. The van der Waals surface area contributed by atoms with E-state index in [-0.39, 0.29) is 13.2 Å². The van der Waals surface area contributed by atoms with Gasteiger partial charge in [0, 0.05) is 6.08 Å². The number of carbonyl (C=O) groups is 1. The molecule has 0 aliphatic carbocycles. The van der Waals surface area contributed by atoms with Gasteiger partial charge in [0.2, 0.25) is 0 Å². The molecule has 0 rings (SSSR count). The fraction of sp³-hybridized carbons (Fsp3) is 0.667. The van der Waals surface area contributed by atoms with Gasteiger partial charge in [-0.3, -0.25) is 0 Å². The molecule has 7 heteroatoms. The van der Waals surface area contributed by atoms with Crippen molar-refractivity contribution in [3.63, 3.8) is 0 Å². The molecule has 0 aliphatic rings. The first-order chi connectivity index (χ1) is 7.58. The molecule has 0 atom stereocenters. The molecule has 0 heterocycles. The second kappa shape index (κ2) is 8.84. The summed E-state index contributed by atoms with van der Waals surface area (Å²) >= 11 is 5.09. The molecule has 0 spiro atoms. The normalized spacial score (nSPS) is 11.1. The minimum absolute atomic E-state index is 0.101. The zero-order valence-electron chi connectivity index (χ0n) is 9.51. The molecule has 94 valence electrons. The maximum absolute atomic E-state index is 10.7. The average molecular weight is 268 g/mol. The van der Waals surface area contributed by atoms with Gasteiger partial charge in [0.15, 0.2) is 0 Å². The van der Waals surface area contributed by atoms with Gasteiger partial charge in [0.1, 0.15) is 6.61 Å². The Kier molecular flexibility index (Phi) is 8.70. The summed E-state index contributed by atoms with van der Waals surface area (Å²) in [6.07, 6.45) is 1.08. The van der Waals surface area contributed by atoms with Crippen LogP contribution in [0.2, 0.25) is 0 Å². The molecule has 0 fully saturated rings. The second-order valence-corrected chi connectivity index (χ2v) is 5.50. The predicted octanol–water partition coefficient (Wildman–Crippen LogP) is 2.03. The summed E-state index contributed by atoms with van der Waals surface area (Å²) in [5, 5.41) is 0. The minimum atomic E-state index is -2.67. The summed E-state index contributed by atoms with van der Waals surface area (Å²) in [5.41, 5.74) is 0. The van der Waals surface area contributed by atoms with Crippen molar-refractivity contribution in [2.45, 2.75) is 13.8 Å². The predicted molar refractivity (Wildman–Crippen MR) is 64.6 cm³/mol. The smallest absolute Gasteiger partial charge is 0.330 e. The van der Waals surface area contributed by atoms with Crippen molar-refractivity contribution in [3.05, 3.63) is 12.7 Å². The van der Waals surface area contributed by atoms with E-state index in [9.17, 15) is 4.79 Å². The lowest BCUT2D eigenvalue weighted by Crippen LogP contribution is -2.09. The molecule has 0 aliphatic heterocycles. The van der Waals surface area contributed by atoms with Crippen LogP contribution in [0.1, 0.15) is 13.8 Å². The number of esters is 1. The van der Waals surface area contributed by atoms with Gasteiger partial charge in [0.25, 0.3) is 0 Å². The van der Waals surface area contributed by atoms with E-state index < -0.39 is 12.7 Å². The summed E-state index contributed by atoms with van der Waals surface area (Å²) in [4.78, 5) is 10.7. The molecule has 0 aromatic heterocycles. The Hall–Kier alpha value is -0.260. The van der Waals surface area contributed by atoms with E-state index in [1.165, 1.54) is 0 Å². The van der Waals surface area contributed by atoms with Crippen LogP contribution in [0.3, 0.4) is 0 Å². The third kappa shape index (κ3) is 7.09. The number of ether oxygens (including phenoxy) is 1. The van der Waals surface area contributed by atoms with Crippen LogP contribution in [-0.4, -0.2) is 32.4 Å². The van der Waals surface area contributed by atoms with E-state index in [0.29, 0.717) is 13.2 Å². The van der Waals surface area contributed by atoms with Crippen LogP contribution in [0.5, 0.6) is 0 Å². The topological polar surface area (TPSA) is 54.0 Å². The van der Waals surface area contributed by atoms with Gasteiger partial charge in [0.05, 0.1) is 19.8 Å². The third-order valence-electron chi connectivity index (χ3n) is 1.32. The minimum Gasteiger partial charge on any atom is -0.460 e. The summed E-state index contributed by atoms with van der Waals surface area (Å²) in [5.74, 6) is -0.496. The Morgan fingerprint density at radius 1 is 1.25 bits per heavy atom. The summed E-state index contributed by atoms with van der Waals surface area (Å²) in [7, 11) is 0. The lowest BCUT2D eigenvalue weighted by molar-refractivity contribution is -0.138. The molecule has 5 nitrogen and oxygen atoms in total. The van der Waals surface area contributed by atoms with Crippen LogP contribution in [-0.2, 0) is 34.9 Å². The fourth-order valence-corrected chi connectivity index (χ4v) is 2.79. The average Bonchev–Trinajstić information content (AvgIpc) is 2.25. The first-order valence-corrected chi connectivity index (χ1v) is 7.46. The quantitative estimate of drug-likeness (QED) is 0.276. The van der Waals surface area contributed by atoms with Crippen molar-refractivity contribution in [2.24, 2.45) is 0 Å². The Bertz CT molecular complexity index is 259. The number of rotatable bonds is 9. The van der Waals surface area contributed by atoms with Gasteiger partial charge < -0.3 is 18.3 Å². The second-order valence-electron chi connectivity index (χ2n) is 2.49. The largest absolute Gasteiger partial charge is 0.460 e. The van der Waals surface area contributed by atoms with Gasteiger partial charge in [-0.15, -0.1) is 0 Å². The molecular formula is C9H17O5PS. The van der Waals surface area contributed by atoms with Crippen molar-refractivity contribution in [2.75, 3.05) is 26.4 Å². The Labute approximate surface area is 101 Å². The van der Waals surface area contributed by atoms with E-state index in [2.05, 4.69) is 6.58 Å². The SMILES string of the molecule is C=CC(=O)OCCOP(=S)(OCC)OCC. The van der Waals surface area contributed by atoms with Crippen LogP contribution >= 0.6 is 6.72 Å². The molecule has 0 aromatic rings. The highest BCUT2D eigenvalue weighted by Crippen LogP contribution is 2.49. The van der Waals surface area contributed by atoms with Crippen LogP contribution < -0.4 is 0 Å². The number of carbonyl (C=O) groups excluding carboxylic acids is 1. The van der Waals surface area contributed by atoms with Gasteiger partial charge in [-0.2, -0.15) is 0 Å². The lowest BCUT2D eigenvalue weighted by atomic mass is 10.6. The van der Waals surface area contributed by atoms with Crippen LogP contribution in [0.25, 0.3) is 0 Å². The highest BCUT2D eigenvalue weighted by molar-refractivity contribution is 8.07. The highest BCUT2D eigenvalue weighted by Gasteiger charge is 2.18. The maximum Gasteiger partial charge on any atom is 0.330 e. The van der Waals surface area contributed by atoms with Crippen LogP contribution in [0, 0.1) is 0 Å².